The third-order valence-electron chi connectivity index (χ3n) is 4.39. The Labute approximate surface area is 170 Å². The van der Waals surface area contributed by atoms with Gasteiger partial charge in [-0.15, -0.1) is 0 Å². The summed E-state index contributed by atoms with van der Waals surface area (Å²) in [6, 6.07) is 3.75. The fourth-order valence-electron chi connectivity index (χ4n) is 2.81. The maximum Gasteiger partial charge on any atom is 0.338 e. The number of nitrogens with two attached hydrogens (primary N) is 1. The van der Waals surface area contributed by atoms with Gasteiger partial charge >= 0.3 is 11.7 Å². The van der Waals surface area contributed by atoms with Crippen molar-refractivity contribution in [3.05, 3.63) is 65.8 Å². The monoisotopic (exact) mass is 418 g/mol. The smallest absolute Gasteiger partial charge is 0.338 e. The number of hydrogen-bond acceptors (Lipinski definition) is 8. The lowest BCUT2D eigenvalue weighted by atomic mass is 10.1. The molecule has 0 bridgehead atoms. The lowest BCUT2D eigenvalue weighted by molar-refractivity contribution is -0.385. The van der Waals surface area contributed by atoms with Crippen LogP contribution in [0.1, 0.15) is 40.1 Å². The number of rotatable bonds is 7. The molecule has 0 amide bonds. The van der Waals surface area contributed by atoms with Crippen LogP contribution in [0.3, 0.4) is 0 Å². The Morgan fingerprint density at radius 3 is 2.47 bits per heavy atom. The molecule has 0 aliphatic rings. The third kappa shape index (κ3) is 4.45. The van der Waals surface area contributed by atoms with Gasteiger partial charge in [0.2, 0.25) is 5.78 Å². The molecule has 0 saturated heterocycles. The van der Waals surface area contributed by atoms with Crippen molar-refractivity contribution in [3.63, 3.8) is 0 Å². The number of carbonyl (C=O) groups excluding carboxylic acids is 2. The zero-order chi connectivity index (χ0) is 22.7. The molecule has 1 aromatic heterocycles. The molecule has 2 N–H and O–H groups in total. The van der Waals surface area contributed by atoms with Gasteiger partial charge in [-0.25, -0.2) is 9.59 Å². The van der Waals surface area contributed by atoms with Gasteiger partial charge in [0.25, 0.3) is 11.2 Å². The minimum Gasteiger partial charge on any atom is -0.454 e. The van der Waals surface area contributed by atoms with Crippen LogP contribution >= 0.6 is 0 Å². The Hall–Kier alpha value is -3.76. The van der Waals surface area contributed by atoms with Gasteiger partial charge in [0.1, 0.15) is 11.4 Å². The summed E-state index contributed by atoms with van der Waals surface area (Å²) in [6.45, 7) is 4.55. The average molecular weight is 418 g/mol. The molecule has 1 aromatic carbocycles. The van der Waals surface area contributed by atoms with E-state index in [1.807, 2.05) is 13.8 Å². The second-order valence-electron chi connectivity index (χ2n) is 7.17. The van der Waals surface area contributed by atoms with E-state index in [4.69, 9.17) is 10.5 Å². The zero-order valence-electron chi connectivity index (χ0n) is 17.0. The van der Waals surface area contributed by atoms with Crippen LogP contribution in [0.2, 0.25) is 0 Å². The number of esters is 1. The zero-order valence-corrected chi connectivity index (χ0v) is 17.0. The summed E-state index contributed by atoms with van der Waals surface area (Å²) >= 11 is 0. The second kappa shape index (κ2) is 8.72. The van der Waals surface area contributed by atoms with E-state index < -0.39 is 40.1 Å². The minimum atomic E-state index is -0.975. The number of benzene rings is 1. The summed E-state index contributed by atoms with van der Waals surface area (Å²) in [4.78, 5) is 59.8. The van der Waals surface area contributed by atoms with E-state index in [0.717, 1.165) is 15.2 Å². The van der Waals surface area contributed by atoms with Crippen molar-refractivity contribution in [3.8, 4) is 0 Å². The van der Waals surface area contributed by atoms with Gasteiger partial charge in [-0.05, 0) is 18.9 Å². The molecule has 0 aliphatic heterocycles. The molecule has 11 heteroatoms. The number of carbonyl (C=O) groups is 2. The first-order chi connectivity index (χ1) is 14.0. The van der Waals surface area contributed by atoms with Crippen molar-refractivity contribution in [2.45, 2.75) is 27.3 Å². The van der Waals surface area contributed by atoms with Crippen molar-refractivity contribution >= 4 is 23.3 Å². The van der Waals surface area contributed by atoms with Gasteiger partial charge in [-0.3, -0.25) is 28.8 Å². The standard InChI is InChI=1S/C19H22N4O7/c1-10(2)8-22-16(20)15(17(25)21(4)19(22)27)14(24)9-30-18(26)12-6-5-11(3)13(7-12)23(28)29/h5-7,10H,8-9,20H2,1-4H3. The van der Waals surface area contributed by atoms with Crippen LogP contribution < -0.4 is 17.0 Å². The highest BCUT2D eigenvalue weighted by Gasteiger charge is 2.24. The normalized spacial score (nSPS) is 10.8. The Bertz CT molecular complexity index is 1140. The lowest BCUT2D eigenvalue weighted by Crippen LogP contribution is -2.43. The first-order valence-electron chi connectivity index (χ1n) is 9.00. The summed E-state index contributed by atoms with van der Waals surface area (Å²) in [5.41, 5.74) is 3.86. The van der Waals surface area contributed by atoms with Gasteiger partial charge < -0.3 is 10.5 Å². The first-order valence-corrected chi connectivity index (χ1v) is 9.00. The van der Waals surface area contributed by atoms with Crippen molar-refractivity contribution in [1.82, 2.24) is 9.13 Å². The molecule has 11 nitrogen and oxygen atoms in total. The fourth-order valence-corrected chi connectivity index (χ4v) is 2.81. The maximum atomic E-state index is 12.6. The molecule has 0 fully saturated rings. The van der Waals surface area contributed by atoms with Gasteiger partial charge in [0.15, 0.2) is 6.61 Å². The summed E-state index contributed by atoms with van der Waals surface area (Å²) in [5, 5.41) is 11.0. The van der Waals surface area contributed by atoms with Crippen molar-refractivity contribution in [2.24, 2.45) is 13.0 Å². The van der Waals surface area contributed by atoms with Crippen LogP contribution in [-0.2, 0) is 18.3 Å². The van der Waals surface area contributed by atoms with E-state index in [1.165, 1.54) is 26.1 Å². The third-order valence-corrected chi connectivity index (χ3v) is 4.39. The molecule has 0 radical (unpaired) electrons. The summed E-state index contributed by atoms with van der Waals surface area (Å²) in [6.07, 6.45) is 0. The Kier molecular flexibility index (Phi) is 6.55. The second-order valence-corrected chi connectivity index (χ2v) is 7.17. The Morgan fingerprint density at radius 1 is 1.27 bits per heavy atom. The van der Waals surface area contributed by atoms with Crippen LogP contribution in [0, 0.1) is 23.0 Å². The van der Waals surface area contributed by atoms with Crippen LogP contribution in [0.4, 0.5) is 11.5 Å². The molecular weight excluding hydrogens is 396 g/mol. The molecule has 0 aliphatic carbocycles. The van der Waals surface area contributed by atoms with Crippen LogP contribution in [0.15, 0.2) is 27.8 Å². The highest BCUT2D eigenvalue weighted by Crippen LogP contribution is 2.20. The number of nitro groups is 1. The van der Waals surface area contributed by atoms with E-state index in [1.54, 1.807) is 0 Å². The molecule has 0 atom stereocenters. The Balaban J connectivity index is 2.31. The molecule has 1 heterocycles. The molecular formula is C19H22N4O7. The van der Waals surface area contributed by atoms with Crippen molar-refractivity contribution in [2.75, 3.05) is 12.3 Å². The van der Waals surface area contributed by atoms with Crippen LogP contribution in [-0.4, -0.2) is 32.4 Å². The van der Waals surface area contributed by atoms with E-state index in [9.17, 15) is 29.3 Å². The number of Topliss-reactive ketones (excluding diaryl/α,β-unsaturated/α-hetero) is 1. The molecule has 0 spiro atoms. The summed E-state index contributed by atoms with van der Waals surface area (Å²) < 4.78 is 6.79. The van der Waals surface area contributed by atoms with E-state index in [2.05, 4.69) is 0 Å². The highest BCUT2D eigenvalue weighted by atomic mass is 16.6. The molecule has 2 rings (SSSR count). The number of ketones is 1. The van der Waals surface area contributed by atoms with Crippen molar-refractivity contribution in [1.29, 1.82) is 0 Å². The number of anilines is 1. The summed E-state index contributed by atoms with van der Waals surface area (Å²) in [5.74, 6) is -2.15. The first kappa shape index (κ1) is 22.5. The summed E-state index contributed by atoms with van der Waals surface area (Å²) in [7, 11) is 1.22. The molecule has 30 heavy (non-hydrogen) atoms. The number of aromatic nitrogens is 2. The number of ether oxygens (including phenoxy) is 1. The highest BCUT2D eigenvalue weighted by molar-refractivity contribution is 6.02. The van der Waals surface area contributed by atoms with E-state index >= 15 is 0 Å². The SMILES string of the molecule is Cc1ccc(C(=O)OCC(=O)c2c(N)n(CC(C)C)c(=O)n(C)c2=O)cc1[N+](=O)[O-]. The quantitative estimate of drug-likeness (QED) is 0.302. The van der Waals surface area contributed by atoms with E-state index in [-0.39, 0.29) is 29.5 Å². The number of nitro benzene ring substituents is 1. The predicted octanol–water partition coefficient (Wildman–Crippen LogP) is 1.04. The lowest BCUT2D eigenvalue weighted by Gasteiger charge is -2.16. The number of aryl methyl sites for hydroxylation is 1. The molecule has 2 aromatic rings. The number of nitrogen functional groups attached to an aromatic ring is 1. The van der Waals surface area contributed by atoms with Crippen LogP contribution in [0.5, 0.6) is 0 Å². The number of nitrogens with zero attached hydrogens (tertiary/aromatic N) is 3. The minimum absolute atomic E-state index is 0.0145. The Morgan fingerprint density at radius 2 is 1.90 bits per heavy atom. The van der Waals surface area contributed by atoms with Gasteiger partial charge in [-0.1, -0.05) is 19.9 Å². The van der Waals surface area contributed by atoms with Gasteiger partial charge in [-0.2, -0.15) is 0 Å². The van der Waals surface area contributed by atoms with Crippen LogP contribution in [0.25, 0.3) is 0 Å². The molecule has 160 valence electrons. The molecule has 0 saturated carbocycles. The maximum absolute atomic E-state index is 12.6. The molecule has 0 unspecified atom stereocenters. The predicted molar refractivity (Wildman–Crippen MR) is 108 cm³/mol. The topological polar surface area (TPSA) is 157 Å². The van der Waals surface area contributed by atoms with Crippen molar-refractivity contribution < 1.29 is 19.2 Å². The average Bonchev–Trinajstić information content (AvgIpc) is 2.67. The number of hydrogen-bond donors (Lipinski definition) is 1. The largest absolute Gasteiger partial charge is 0.454 e. The fraction of sp³-hybridized carbons (Fsp3) is 0.368. The van der Waals surface area contributed by atoms with Gasteiger partial charge in [0.05, 0.1) is 10.5 Å². The van der Waals surface area contributed by atoms with Gasteiger partial charge in [0, 0.05) is 25.2 Å². The van der Waals surface area contributed by atoms with E-state index in [0.29, 0.717) is 5.56 Å².